The highest BCUT2D eigenvalue weighted by Crippen LogP contribution is 2.38. The molecular weight excluding hydrogens is 472 g/mol. The quantitative estimate of drug-likeness (QED) is 0.255. The van der Waals surface area contributed by atoms with E-state index in [1.54, 1.807) is 0 Å². The van der Waals surface area contributed by atoms with Gasteiger partial charge in [0.15, 0.2) is 0 Å². The average Bonchev–Trinajstić information content (AvgIpc) is 3.53. The summed E-state index contributed by atoms with van der Waals surface area (Å²) in [5.74, 6) is 0. The summed E-state index contributed by atoms with van der Waals surface area (Å²) in [6, 6.07) is 50.3. The molecule has 1 aromatic heterocycles. The molecule has 1 heterocycles. The minimum absolute atomic E-state index is 1.00. The summed E-state index contributed by atoms with van der Waals surface area (Å²) in [4.78, 5) is 0. The number of nitrogens with one attached hydrogen (secondary N) is 1. The zero-order chi connectivity index (χ0) is 25.8. The predicted octanol–water partition coefficient (Wildman–Crippen LogP) is 9.77. The monoisotopic (exact) mass is 498 g/mol. The van der Waals surface area contributed by atoms with Crippen molar-refractivity contribution in [3.63, 3.8) is 0 Å². The van der Waals surface area contributed by atoms with E-state index in [1.165, 1.54) is 60.9 Å². The number of fused-ring (bicyclic) bond motifs is 6. The average molecular weight is 499 g/mol. The van der Waals surface area contributed by atoms with Gasteiger partial charge in [-0.2, -0.15) is 0 Å². The number of benzene rings is 6. The molecule has 0 aliphatic heterocycles. The number of para-hydroxylation sites is 2. The van der Waals surface area contributed by atoms with Crippen LogP contribution in [-0.4, -0.2) is 4.57 Å². The maximum Gasteiger partial charge on any atom is 0.0541 e. The Morgan fingerprint density at radius 3 is 2.05 bits per heavy atom. The Bertz CT molecular complexity index is 2000. The van der Waals surface area contributed by atoms with Crippen molar-refractivity contribution in [3.8, 4) is 27.9 Å². The van der Waals surface area contributed by atoms with Gasteiger partial charge < -0.3 is 9.88 Å². The van der Waals surface area contributed by atoms with Gasteiger partial charge in [-0.1, -0.05) is 84.9 Å². The molecule has 39 heavy (non-hydrogen) atoms. The first-order chi connectivity index (χ1) is 19.3. The third-order valence-corrected chi connectivity index (χ3v) is 7.99. The van der Waals surface area contributed by atoms with Gasteiger partial charge in [0.2, 0.25) is 0 Å². The molecule has 0 saturated carbocycles. The molecule has 0 atom stereocenters. The SMILES string of the molecule is c1ccc(-n2c3ccccc3c3cc(-c4ccc(Nc5ccc6c(c5)Cc5ccccc5-6)cc4)ccc32)cc1. The highest BCUT2D eigenvalue weighted by Gasteiger charge is 2.18. The van der Waals surface area contributed by atoms with E-state index in [1.807, 2.05) is 0 Å². The number of anilines is 2. The molecule has 1 aliphatic carbocycles. The van der Waals surface area contributed by atoms with Crippen LogP contribution in [0.1, 0.15) is 11.1 Å². The minimum Gasteiger partial charge on any atom is -0.356 e. The molecule has 0 spiro atoms. The van der Waals surface area contributed by atoms with Crippen LogP contribution in [0, 0.1) is 0 Å². The molecule has 0 bridgehead atoms. The third-order valence-electron chi connectivity index (χ3n) is 7.99. The van der Waals surface area contributed by atoms with Crippen molar-refractivity contribution in [2.75, 3.05) is 5.32 Å². The molecule has 2 nitrogen and oxygen atoms in total. The summed E-state index contributed by atoms with van der Waals surface area (Å²) in [7, 11) is 0. The van der Waals surface area contributed by atoms with E-state index in [2.05, 4.69) is 149 Å². The minimum atomic E-state index is 1.00. The molecule has 0 radical (unpaired) electrons. The Morgan fingerprint density at radius 2 is 1.15 bits per heavy atom. The fourth-order valence-electron chi connectivity index (χ4n) is 6.14. The summed E-state index contributed by atoms with van der Waals surface area (Å²) in [6.45, 7) is 0. The normalized spacial score (nSPS) is 12.0. The first-order valence-electron chi connectivity index (χ1n) is 13.5. The largest absolute Gasteiger partial charge is 0.356 e. The molecule has 1 N–H and O–H groups in total. The molecule has 7 aromatic rings. The summed E-state index contributed by atoms with van der Waals surface area (Å²) in [5, 5.41) is 6.16. The van der Waals surface area contributed by atoms with Gasteiger partial charge in [0.05, 0.1) is 11.0 Å². The topological polar surface area (TPSA) is 17.0 Å². The van der Waals surface area contributed by atoms with Gasteiger partial charge in [0, 0.05) is 27.8 Å². The van der Waals surface area contributed by atoms with Crippen LogP contribution in [0.2, 0.25) is 0 Å². The Morgan fingerprint density at radius 1 is 0.462 bits per heavy atom. The number of hydrogen-bond acceptors (Lipinski definition) is 1. The van der Waals surface area contributed by atoms with Crippen molar-refractivity contribution in [1.29, 1.82) is 0 Å². The molecule has 1 aliphatic rings. The van der Waals surface area contributed by atoms with Crippen LogP contribution in [-0.2, 0) is 6.42 Å². The molecule has 0 amide bonds. The van der Waals surface area contributed by atoms with E-state index in [0.29, 0.717) is 0 Å². The second-order valence-corrected chi connectivity index (χ2v) is 10.3. The van der Waals surface area contributed by atoms with Gasteiger partial charge in [-0.3, -0.25) is 0 Å². The van der Waals surface area contributed by atoms with Crippen molar-refractivity contribution in [2.24, 2.45) is 0 Å². The van der Waals surface area contributed by atoms with Crippen LogP contribution >= 0.6 is 0 Å². The van der Waals surface area contributed by atoms with Crippen LogP contribution < -0.4 is 5.32 Å². The van der Waals surface area contributed by atoms with Gasteiger partial charge in [-0.05, 0) is 94.4 Å². The number of aromatic nitrogens is 1. The number of hydrogen-bond donors (Lipinski definition) is 1. The van der Waals surface area contributed by atoms with Crippen LogP contribution in [0.15, 0.2) is 140 Å². The van der Waals surface area contributed by atoms with Crippen molar-refractivity contribution in [1.82, 2.24) is 4.57 Å². The van der Waals surface area contributed by atoms with E-state index in [0.717, 1.165) is 17.8 Å². The highest BCUT2D eigenvalue weighted by molar-refractivity contribution is 6.10. The molecule has 0 unspecified atom stereocenters. The zero-order valence-corrected chi connectivity index (χ0v) is 21.4. The molecule has 0 fully saturated rings. The second-order valence-electron chi connectivity index (χ2n) is 10.3. The fraction of sp³-hybridized carbons (Fsp3) is 0.0270. The Kier molecular flexibility index (Phi) is 4.92. The van der Waals surface area contributed by atoms with E-state index < -0.39 is 0 Å². The lowest BCUT2D eigenvalue weighted by Gasteiger charge is -2.10. The van der Waals surface area contributed by atoms with Gasteiger partial charge in [-0.25, -0.2) is 0 Å². The lowest BCUT2D eigenvalue weighted by Crippen LogP contribution is -1.93. The van der Waals surface area contributed by atoms with Crippen LogP contribution in [0.3, 0.4) is 0 Å². The first kappa shape index (κ1) is 22.0. The maximum absolute atomic E-state index is 3.61. The zero-order valence-electron chi connectivity index (χ0n) is 21.4. The fourth-order valence-corrected chi connectivity index (χ4v) is 6.14. The number of rotatable bonds is 4. The molecule has 2 heteroatoms. The lowest BCUT2D eigenvalue weighted by atomic mass is 10.0. The van der Waals surface area contributed by atoms with Crippen molar-refractivity contribution in [3.05, 3.63) is 151 Å². The number of nitrogens with zero attached hydrogens (tertiary/aromatic N) is 1. The first-order valence-corrected chi connectivity index (χ1v) is 13.5. The highest BCUT2D eigenvalue weighted by atomic mass is 15.0. The van der Waals surface area contributed by atoms with E-state index >= 15 is 0 Å². The second kappa shape index (κ2) is 8.75. The molecule has 0 saturated heterocycles. The van der Waals surface area contributed by atoms with Crippen molar-refractivity contribution >= 4 is 33.2 Å². The standard InChI is InChI=1S/C37H26N2/c1-2-9-31(10-3-1)39-36-13-7-6-12-34(36)35-24-26(16-21-37(35)39)25-14-17-29(18-15-25)38-30-19-20-33-28(23-30)22-27-8-4-5-11-32(27)33/h1-21,23-24,38H,22H2. The van der Waals surface area contributed by atoms with E-state index in [9.17, 15) is 0 Å². The Hall–Kier alpha value is -5.08. The van der Waals surface area contributed by atoms with Crippen LogP contribution in [0.25, 0.3) is 49.7 Å². The third kappa shape index (κ3) is 3.65. The molecule has 6 aromatic carbocycles. The summed E-state index contributed by atoms with van der Waals surface area (Å²) >= 11 is 0. The van der Waals surface area contributed by atoms with Gasteiger partial charge >= 0.3 is 0 Å². The maximum atomic E-state index is 3.61. The summed E-state index contributed by atoms with van der Waals surface area (Å²) in [5.41, 5.74) is 13.8. The van der Waals surface area contributed by atoms with Gasteiger partial charge in [0.1, 0.15) is 0 Å². The molecule has 184 valence electrons. The summed E-state index contributed by atoms with van der Waals surface area (Å²) in [6.07, 6.45) is 1.00. The lowest BCUT2D eigenvalue weighted by molar-refractivity contribution is 1.18. The molecular formula is C37H26N2. The van der Waals surface area contributed by atoms with E-state index in [4.69, 9.17) is 0 Å². The molecule has 8 rings (SSSR count). The van der Waals surface area contributed by atoms with Crippen molar-refractivity contribution < 1.29 is 0 Å². The Balaban J connectivity index is 1.11. The van der Waals surface area contributed by atoms with Gasteiger partial charge in [0.25, 0.3) is 0 Å². The van der Waals surface area contributed by atoms with Crippen molar-refractivity contribution in [2.45, 2.75) is 6.42 Å². The Labute approximate surface area is 227 Å². The summed E-state index contributed by atoms with van der Waals surface area (Å²) < 4.78 is 2.36. The smallest absolute Gasteiger partial charge is 0.0541 e. The van der Waals surface area contributed by atoms with Crippen LogP contribution in [0.4, 0.5) is 11.4 Å². The van der Waals surface area contributed by atoms with E-state index in [-0.39, 0.29) is 0 Å². The van der Waals surface area contributed by atoms with Gasteiger partial charge in [-0.15, -0.1) is 0 Å². The van der Waals surface area contributed by atoms with Crippen LogP contribution in [0.5, 0.6) is 0 Å². The predicted molar refractivity (Wildman–Crippen MR) is 164 cm³/mol.